The molecule has 0 aliphatic heterocycles. The molecule has 2 aromatic carbocycles. The van der Waals surface area contributed by atoms with Gasteiger partial charge in [-0.05, 0) is 17.7 Å². The van der Waals surface area contributed by atoms with Gasteiger partial charge in [-0.3, -0.25) is 4.40 Å². The average Bonchev–Trinajstić information content (AvgIpc) is 3.23. The van der Waals surface area contributed by atoms with Crippen LogP contribution in [-0.2, 0) is 16.1 Å². The van der Waals surface area contributed by atoms with Crippen molar-refractivity contribution in [3.8, 4) is 28.8 Å². The van der Waals surface area contributed by atoms with Crippen molar-refractivity contribution < 1.29 is 14.2 Å². The highest BCUT2D eigenvalue weighted by atomic mass is 16.5. The van der Waals surface area contributed by atoms with Crippen LogP contribution in [-0.4, -0.2) is 41.3 Å². The van der Waals surface area contributed by atoms with Crippen LogP contribution in [0.15, 0.2) is 67.0 Å². The maximum absolute atomic E-state index is 6.09. The summed E-state index contributed by atoms with van der Waals surface area (Å²) in [7, 11) is 1.63. The minimum absolute atomic E-state index is 0.294. The summed E-state index contributed by atoms with van der Waals surface area (Å²) in [5, 5.41) is 0. The molecule has 0 bridgehead atoms. The van der Waals surface area contributed by atoms with Gasteiger partial charge >= 0.3 is 0 Å². The van der Waals surface area contributed by atoms with Gasteiger partial charge in [0.25, 0.3) is 0 Å². The van der Waals surface area contributed by atoms with Gasteiger partial charge in [-0.25, -0.2) is 4.98 Å². The molecule has 2 heterocycles. The number of benzene rings is 2. The van der Waals surface area contributed by atoms with E-state index in [1.54, 1.807) is 7.11 Å². The largest absolute Gasteiger partial charge is 0.488 e. The number of rotatable bonds is 8. The van der Waals surface area contributed by atoms with Crippen molar-refractivity contribution in [3.63, 3.8) is 0 Å². The topological polar surface area (TPSA) is 83.9 Å². The number of nitrogens with zero attached hydrogens (tertiary/aromatic N) is 3. The number of ether oxygens (including phenoxy) is 3. The van der Waals surface area contributed by atoms with Gasteiger partial charge in [0.2, 0.25) is 5.78 Å². The van der Waals surface area contributed by atoms with Crippen molar-refractivity contribution in [1.82, 2.24) is 14.4 Å². The van der Waals surface area contributed by atoms with Crippen LogP contribution in [0.5, 0.6) is 5.75 Å². The molecule has 0 saturated heterocycles. The Morgan fingerprint density at radius 1 is 0.969 bits per heavy atom. The fraction of sp³-hybridized carbons (Fsp3) is 0.200. The zero-order chi connectivity index (χ0) is 22.2. The zero-order valence-corrected chi connectivity index (χ0v) is 17.8. The molecule has 0 fully saturated rings. The molecule has 2 N–H and O–H groups in total. The molecule has 7 nitrogen and oxygen atoms in total. The van der Waals surface area contributed by atoms with Crippen molar-refractivity contribution >= 4 is 11.6 Å². The van der Waals surface area contributed by atoms with E-state index in [2.05, 4.69) is 21.8 Å². The van der Waals surface area contributed by atoms with E-state index in [9.17, 15) is 0 Å². The third-order valence-electron chi connectivity index (χ3n) is 4.71. The van der Waals surface area contributed by atoms with Gasteiger partial charge in [-0.15, -0.1) is 0 Å². The Morgan fingerprint density at radius 2 is 1.78 bits per heavy atom. The SMILES string of the molecule is COCCOCC#Cc1cn2cc(-c3ccccc3OCc3ccccc3)nc2nc1N. The molecule has 0 atom stereocenters. The number of nitrogen functional groups attached to an aromatic ring is 1. The lowest BCUT2D eigenvalue weighted by Gasteiger charge is -2.10. The van der Waals surface area contributed by atoms with Crippen molar-refractivity contribution in [3.05, 3.63) is 78.1 Å². The second-order valence-electron chi connectivity index (χ2n) is 6.99. The predicted molar refractivity (Wildman–Crippen MR) is 123 cm³/mol. The maximum Gasteiger partial charge on any atom is 0.236 e. The Labute approximate surface area is 186 Å². The Bertz CT molecular complexity index is 1240. The zero-order valence-electron chi connectivity index (χ0n) is 17.8. The summed E-state index contributed by atoms with van der Waals surface area (Å²) in [6, 6.07) is 17.9. The molecule has 4 rings (SSSR count). The highest BCUT2D eigenvalue weighted by Crippen LogP contribution is 2.30. The van der Waals surface area contributed by atoms with Gasteiger partial charge in [-0.1, -0.05) is 54.3 Å². The highest BCUT2D eigenvalue weighted by Gasteiger charge is 2.12. The smallest absolute Gasteiger partial charge is 0.236 e. The summed E-state index contributed by atoms with van der Waals surface area (Å²) in [5.41, 5.74) is 9.43. The Balaban J connectivity index is 1.55. The minimum Gasteiger partial charge on any atom is -0.488 e. The third-order valence-corrected chi connectivity index (χ3v) is 4.71. The van der Waals surface area contributed by atoms with E-state index >= 15 is 0 Å². The molecule has 7 heteroatoms. The number of methoxy groups -OCH3 is 1. The van der Waals surface area contributed by atoms with E-state index < -0.39 is 0 Å². The summed E-state index contributed by atoms with van der Waals surface area (Å²) in [5.74, 6) is 7.52. The van der Waals surface area contributed by atoms with E-state index in [0.29, 0.717) is 43.6 Å². The van der Waals surface area contributed by atoms with Crippen LogP contribution in [0.3, 0.4) is 0 Å². The lowest BCUT2D eigenvalue weighted by molar-refractivity contribution is 0.0877. The lowest BCUT2D eigenvalue weighted by atomic mass is 10.1. The fourth-order valence-electron chi connectivity index (χ4n) is 3.10. The predicted octanol–water partition coefficient (Wildman–Crippen LogP) is 3.57. The van der Waals surface area contributed by atoms with Crippen LogP contribution in [0.4, 0.5) is 5.82 Å². The quantitative estimate of drug-likeness (QED) is 0.341. The number of fused-ring (bicyclic) bond motifs is 1. The monoisotopic (exact) mass is 428 g/mol. The molecule has 0 spiro atoms. The first kappa shape index (κ1) is 21.4. The Kier molecular flexibility index (Phi) is 6.98. The summed E-state index contributed by atoms with van der Waals surface area (Å²) in [6.45, 7) is 1.80. The highest BCUT2D eigenvalue weighted by molar-refractivity contribution is 5.69. The molecule has 32 heavy (non-hydrogen) atoms. The molecule has 0 amide bonds. The fourth-order valence-corrected chi connectivity index (χ4v) is 3.10. The Morgan fingerprint density at radius 3 is 2.62 bits per heavy atom. The molecule has 4 aromatic rings. The summed E-state index contributed by atoms with van der Waals surface area (Å²) in [4.78, 5) is 9.03. The number of nitrogens with two attached hydrogens (primary N) is 1. The number of imidazole rings is 1. The van der Waals surface area contributed by atoms with Crippen molar-refractivity contribution in [1.29, 1.82) is 0 Å². The molecule has 0 aliphatic rings. The number of hydrogen-bond acceptors (Lipinski definition) is 6. The van der Waals surface area contributed by atoms with Gasteiger partial charge in [0, 0.05) is 25.1 Å². The first-order valence-corrected chi connectivity index (χ1v) is 10.2. The summed E-state index contributed by atoms with van der Waals surface area (Å²) >= 11 is 0. The van der Waals surface area contributed by atoms with E-state index in [-0.39, 0.29) is 0 Å². The van der Waals surface area contributed by atoms with Crippen LogP contribution >= 0.6 is 0 Å². The van der Waals surface area contributed by atoms with Crippen LogP contribution in [0, 0.1) is 11.8 Å². The van der Waals surface area contributed by atoms with E-state index in [0.717, 1.165) is 22.6 Å². The van der Waals surface area contributed by atoms with E-state index in [4.69, 9.17) is 19.9 Å². The summed E-state index contributed by atoms with van der Waals surface area (Å²) in [6.07, 6.45) is 3.72. The third kappa shape index (κ3) is 5.24. The first-order chi connectivity index (χ1) is 15.7. The number of anilines is 1. The van der Waals surface area contributed by atoms with Gasteiger partial charge < -0.3 is 19.9 Å². The molecule has 0 aliphatic carbocycles. The Hall–Kier alpha value is -3.86. The van der Waals surface area contributed by atoms with Crippen molar-refractivity contribution in [2.45, 2.75) is 6.61 Å². The van der Waals surface area contributed by atoms with E-state index in [1.165, 1.54) is 0 Å². The molecular formula is C25H24N4O3. The van der Waals surface area contributed by atoms with Crippen molar-refractivity contribution in [2.24, 2.45) is 0 Å². The normalized spacial score (nSPS) is 10.7. The van der Waals surface area contributed by atoms with Crippen LogP contribution < -0.4 is 10.5 Å². The second-order valence-corrected chi connectivity index (χ2v) is 6.99. The number of hydrogen-bond donors (Lipinski definition) is 1. The number of para-hydroxylation sites is 1. The molecule has 162 valence electrons. The molecule has 0 saturated carbocycles. The summed E-state index contributed by atoms with van der Waals surface area (Å²) < 4.78 is 18.2. The van der Waals surface area contributed by atoms with Gasteiger partial charge in [0.05, 0.1) is 24.5 Å². The van der Waals surface area contributed by atoms with Crippen LogP contribution in [0.25, 0.3) is 17.0 Å². The van der Waals surface area contributed by atoms with Crippen molar-refractivity contribution in [2.75, 3.05) is 32.7 Å². The van der Waals surface area contributed by atoms with Crippen LogP contribution in [0.1, 0.15) is 11.1 Å². The average molecular weight is 428 g/mol. The lowest BCUT2D eigenvalue weighted by Crippen LogP contribution is -2.02. The second kappa shape index (κ2) is 10.4. The van der Waals surface area contributed by atoms with E-state index in [1.807, 2.05) is 71.4 Å². The molecule has 2 aromatic heterocycles. The van der Waals surface area contributed by atoms with Crippen LogP contribution in [0.2, 0.25) is 0 Å². The molecule has 0 radical (unpaired) electrons. The molecular weight excluding hydrogens is 404 g/mol. The number of aromatic nitrogens is 3. The van der Waals surface area contributed by atoms with Gasteiger partial charge in [0.15, 0.2) is 0 Å². The standard InChI is InChI=1S/C25H24N4O3/c1-30-14-15-31-13-7-10-20-16-29-17-22(27-25(29)28-24(20)26)21-11-5-6-12-23(21)32-18-19-8-3-2-4-9-19/h2-6,8-9,11-12,16-17H,13-15,18H2,1H3,(H2,26,27,28). The van der Waals surface area contributed by atoms with Gasteiger partial charge in [0.1, 0.15) is 24.8 Å². The molecule has 0 unspecified atom stereocenters. The maximum atomic E-state index is 6.09. The minimum atomic E-state index is 0.294. The first-order valence-electron chi connectivity index (χ1n) is 10.2. The van der Waals surface area contributed by atoms with Gasteiger partial charge in [-0.2, -0.15) is 4.98 Å².